The van der Waals surface area contributed by atoms with Crippen molar-refractivity contribution in [1.29, 1.82) is 0 Å². The average molecular weight is 366 g/mol. The lowest BCUT2D eigenvalue weighted by Gasteiger charge is -2.26. The van der Waals surface area contributed by atoms with E-state index in [1.807, 2.05) is 0 Å². The van der Waals surface area contributed by atoms with E-state index in [0.717, 1.165) is 0 Å². The van der Waals surface area contributed by atoms with Crippen molar-refractivity contribution in [3.05, 3.63) is 0 Å². The number of fused-ring (bicyclic) bond motifs is 1. The molecule has 2 aliphatic heterocycles. The van der Waals surface area contributed by atoms with Crippen molar-refractivity contribution in [2.75, 3.05) is 26.4 Å². The van der Waals surface area contributed by atoms with Gasteiger partial charge in [-0.25, -0.2) is 0 Å². The number of aliphatic hydroxyl groups excluding tert-OH is 5. The third-order valence-corrected chi connectivity index (χ3v) is 4.29. The van der Waals surface area contributed by atoms with Gasteiger partial charge in [0, 0.05) is 18.4 Å². The zero-order chi connectivity index (χ0) is 18.3. The highest BCUT2D eigenvalue weighted by molar-refractivity contribution is 5.83. The van der Waals surface area contributed by atoms with Crippen molar-refractivity contribution in [2.24, 2.45) is 5.41 Å². The van der Waals surface area contributed by atoms with E-state index in [2.05, 4.69) is 0 Å². The maximum absolute atomic E-state index is 11.4. The molecule has 2 fully saturated rings. The summed E-state index contributed by atoms with van der Waals surface area (Å²) in [5, 5.41) is 45.3. The molecule has 8 nitrogen and oxygen atoms in total. The molecule has 0 spiro atoms. The van der Waals surface area contributed by atoms with Gasteiger partial charge in [-0.2, -0.15) is 0 Å². The Bertz CT molecular complexity index is 371. The Morgan fingerprint density at radius 3 is 1.96 bits per heavy atom. The van der Waals surface area contributed by atoms with Gasteiger partial charge in [-0.3, -0.25) is 4.79 Å². The van der Waals surface area contributed by atoms with Crippen LogP contribution in [0, 0.1) is 5.41 Å². The van der Waals surface area contributed by atoms with Crippen LogP contribution in [0.2, 0.25) is 0 Å². The molecule has 25 heavy (non-hydrogen) atoms. The number of carbonyl (C=O) groups is 1. The van der Waals surface area contributed by atoms with Crippen LogP contribution in [0.4, 0.5) is 0 Å². The van der Waals surface area contributed by atoms with E-state index < -0.39 is 23.7 Å². The van der Waals surface area contributed by atoms with Gasteiger partial charge in [-0.05, 0) is 12.8 Å². The topological polar surface area (TPSA) is 137 Å². The van der Waals surface area contributed by atoms with Crippen LogP contribution < -0.4 is 0 Å². The number of ketones is 1. The highest BCUT2D eigenvalue weighted by atomic mass is 16.6. The quantitative estimate of drug-likeness (QED) is 0.371. The molecule has 0 unspecified atom stereocenters. The molecule has 0 amide bonds. The summed E-state index contributed by atoms with van der Waals surface area (Å²) in [7, 11) is 0. The highest BCUT2D eigenvalue weighted by Crippen LogP contribution is 2.26. The van der Waals surface area contributed by atoms with Crippen molar-refractivity contribution in [2.45, 2.75) is 71.1 Å². The number of aliphatic hydroxyl groups is 5. The monoisotopic (exact) mass is 366 g/mol. The minimum absolute atomic E-state index is 0. The second kappa shape index (κ2) is 11.2. The van der Waals surface area contributed by atoms with Crippen molar-refractivity contribution in [3.63, 3.8) is 0 Å². The molecule has 150 valence electrons. The summed E-state index contributed by atoms with van der Waals surface area (Å²) in [6.45, 7) is 3.69. The van der Waals surface area contributed by atoms with Gasteiger partial charge in [0.05, 0.1) is 19.8 Å². The lowest BCUT2D eigenvalue weighted by atomic mass is 9.84. The van der Waals surface area contributed by atoms with Crippen LogP contribution >= 0.6 is 0 Å². The third-order valence-electron chi connectivity index (χ3n) is 4.29. The largest absolute Gasteiger partial charge is 0.396 e. The molecule has 0 radical (unpaired) electrons. The SMILES string of the molecule is C.CC(C)(CO)[C@@H](O)C(=O)CCCCO.O[C@@H]1CO[C@H]2[C@@H]1OC[C@@H]2O. The molecule has 2 rings (SSSR count). The predicted octanol–water partition coefficient (Wildman–Crippen LogP) is -0.761. The van der Waals surface area contributed by atoms with Crippen LogP contribution in [0.5, 0.6) is 0 Å². The summed E-state index contributed by atoms with van der Waals surface area (Å²) in [6, 6.07) is 0. The van der Waals surface area contributed by atoms with Gasteiger partial charge in [0.1, 0.15) is 30.5 Å². The number of rotatable bonds is 7. The number of carbonyl (C=O) groups excluding carboxylic acids is 1. The van der Waals surface area contributed by atoms with Gasteiger partial charge >= 0.3 is 0 Å². The molecule has 0 bridgehead atoms. The van der Waals surface area contributed by atoms with Crippen molar-refractivity contribution >= 4 is 5.78 Å². The Balaban J connectivity index is 0.000000460. The highest BCUT2D eigenvalue weighted by Gasteiger charge is 2.46. The zero-order valence-corrected chi connectivity index (χ0v) is 14.3. The first-order valence-electron chi connectivity index (χ1n) is 8.26. The van der Waals surface area contributed by atoms with Crippen molar-refractivity contribution in [1.82, 2.24) is 0 Å². The standard InChI is InChI=1S/C10H20O4.C6H10O4.CH4/c1-10(2,7-12)9(14)8(13)5-3-4-6-11;7-3-1-9-6-4(8)2-10-5(3)6;/h9,11-12,14H,3-7H2,1-2H3;3-8H,1-2H2;1H4/t9-;3-,4+,5-,6-;/m01./s1. The summed E-state index contributed by atoms with van der Waals surface area (Å²) >= 11 is 0. The van der Waals surface area contributed by atoms with Crippen LogP contribution in [-0.4, -0.2) is 88.3 Å². The first kappa shape index (κ1) is 24.4. The van der Waals surface area contributed by atoms with E-state index >= 15 is 0 Å². The number of unbranched alkanes of at least 4 members (excludes halogenated alkanes) is 1. The average Bonchev–Trinajstić information content (AvgIpc) is 3.11. The number of ether oxygens (including phenoxy) is 2. The molecule has 0 saturated carbocycles. The first-order valence-corrected chi connectivity index (χ1v) is 8.26. The third kappa shape index (κ3) is 6.90. The van der Waals surface area contributed by atoms with E-state index in [4.69, 9.17) is 29.9 Å². The zero-order valence-electron chi connectivity index (χ0n) is 14.3. The van der Waals surface area contributed by atoms with E-state index in [9.17, 15) is 9.90 Å². The molecule has 5 atom stereocenters. The van der Waals surface area contributed by atoms with E-state index in [-0.39, 0.29) is 58.3 Å². The molecule has 2 aliphatic rings. The number of hydrogen-bond donors (Lipinski definition) is 5. The Hall–Kier alpha value is -0.610. The number of hydrogen-bond acceptors (Lipinski definition) is 8. The molecular weight excluding hydrogens is 332 g/mol. The molecule has 2 heterocycles. The van der Waals surface area contributed by atoms with Gasteiger partial charge in [0.15, 0.2) is 5.78 Å². The van der Waals surface area contributed by atoms with Crippen LogP contribution in [0.3, 0.4) is 0 Å². The van der Waals surface area contributed by atoms with Gasteiger partial charge < -0.3 is 35.0 Å². The van der Waals surface area contributed by atoms with Crippen LogP contribution in [-0.2, 0) is 14.3 Å². The summed E-state index contributed by atoms with van der Waals surface area (Å²) in [6.07, 6.45) is -1.42. The molecular formula is C17H34O8. The molecule has 0 aromatic rings. The van der Waals surface area contributed by atoms with Crippen molar-refractivity contribution in [3.8, 4) is 0 Å². The minimum Gasteiger partial charge on any atom is -0.396 e. The fourth-order valence-electron chi connectivity index (χ4n) is 2.53. The molecule has 2 saturated heterocycles. The lowest BCUT2D eigenvalue weighted by molar-refractivity contribution is -0.134. The summed E-state index contributed by atoms with van der Waals surface area (Å²) in [5.74, 6) is -0.266. The number of Topliss-reactive ketones (excluding diaryl/α,β-unsaturated/α-hetero) is 1. The van der Waals surface area contributed by atoms with Gasteiger partial charge in [0.2, 0.25) is 0 Å². The molecule has 0 aromatic carbocycles. The summed E-state index contributed by atoms with van der Waals surface area (Å²) < 4.78 is 10.2. The normalized spacial score (nSPS) is 29.2. The molecule has 0 aliphatic carbocycles. The Morgan fingerprint density at radius 1 is 1.08 bits per heavy atom. The fourth-order valence-corrected chi connectivity index (χ4v) is 2.53. The maximum Gasteiger partial charge on any atom is 0.161 e. The first-order chi connectivity index (χ1) is 11.2. The van der Waals surface area contributed by atoms with E-state index in [0.29, 0.717) is 12.8 Å². The molecule has 8 heteroatoms. The lowest BCUT2D eigenvalue weighted by Crippen LogP contribution is -2.39. The maximum atomic E-state index is 11.4. The molecule has 5 N–H and O–H groups in total. The van der Waals surface area contributed by atoms with Gasteiger partial charge in [-0.15, -0.1) is 0 Å². The Labute approximate surface area is 149 Å². The Morgan fingerprint density at radius 2 is 1.56 bits per heavy atom. The predicted molar refractivity (Wildman–Crippen MR) is 91.0 cm³/mol. The second-order valence-corrected chi connectivity index (χ2v) is 6.93. The van der Waals surface area contributed by atoms with Crippen LogP contribution in [0.15, 0.2) is 0 Å². The van der Waals surface area contributed by atoms with E-state index in [1.165, 1.54) is 0 Å². The smallest absolute Gasteiger partial charge is 0.161 e. The fraction of sp³-hybridized carbons (Fsp3) is 0.941. The van der Waals surface area contributed by atoms with Gasteiger partial charge in [-0.1, -0.05) is 21.3 Å². The van der Waals surface area contributed by atoms with Gasteiger partial charge in [0.25, 0.3) is 0 Å². The second-order valence-electron chi connectivity index (χ2n) is 6.93. The van der Waals surface area contributed by atoms with Crippen LogP contribution in [0.25, 0.3) is 0 Å². The summed E-state index contributed by atoms with van der Waals surface area (Å²) in [5.41, 5.74) is -0.781. The van der Waals surface area contributed by atoms with Crippen molar-refractivity contribution < 1.29 is 39.8 Å². The Kier molecular flexibility index (Phi) is 10.9. The minimum atomic E-state index is -1.12. The van der Waals surface area contributed by atoms with E-state index in [1.54, 1.807) is 13.8 Å². The summed E-state index contributed by atoms with van der Waals surface area (Å²) in [4.78, 5) is 11.4. The van der Waals surface area contributed by atoms with Crippen LogP contribution in [0.1, 0.15) is 40.5 Å². The molecule has 0 aromatic heterocycles.